The summed E-state index contributed by atoms with van der Waals surface area (Å²) in [5, 5.41) is 0. The number of carbonyl (C=O) groups is 4. The van der Waals surface area contributed by atoms with Crippen molar-refractivity contribution in [1.29, 1.82) is 0 Å². The average molecular weight is 1540 g/mol. The molecule has 10 aromatic rings. The van der Waals surface area contributed by atoms with Gasteiger partial charge in [0, 0.05) is 136 Å². The van der Waals surface area contributed by atoms with E-state index >= 15 is 0 Å². The number of benzene rings is 2. The number of nitrogens with zero attached hydrogens (tertiary/aromatic N) is 8. The van der Waals surface area contributed by atoms with Gasteiger partial charge < -0.3 is 48.0 Å². The number of aromatic nitrogens is 12. The quantitative estimate of drug-likeness (QED) is 0.0324. The molecule has 2 aromatic carbocycles. The van der Waals surface area contributed by atoms with Crippen LogP contribution in [0.2, 0.25) is 0 Å². The Balaban J connectivity index is 0.999. The fourth-order valence-electron chi connectivity index (χ4n) is 18.1. The van der Waals surface area contributed by atoms with Crippen molar-refractivity contribution in [1.82, 2.24) is 59.0 Å². The number of hydrogen-bond donors (Lipinski definition) is 4. The first kappa shape index (κ1) is 78.2. The summed E-state index contributed by atoms with van der Waals surface area (Å²) in [7, 11) is 9.59. The molecule has 0 amide bonds. The summed E-state index contributed by atoms with van der Waals surface area (Å²) in [6, 6.07) is 30.7. The van der Waals surface area contributed by atoms with E-state index in [0.29, 0.717) is 83.3 Å². The van der Waals surface area contributed by atoms with Gasteiger partial charge in [0.25, 0.3) is 0 Å². The summed E-state index contributed by atoms with van der Waals surface area (Å²) in [5.74, 6) is 0.800. The molecule has 0 radical (unpaired) electrons. The second kappa shape index (κ2) is 32.1. The van der Waals surface area contributed by atoms with Gasteiger partial charge in [-0.1, -0.05) is 79.7 Å². The number of rotatable bonds is 24. The molecule has 15 rings (SSSR count). The Morgan fingerprint density at radius 3 is 0.948 bits per heavy atom. The van der Waals surface area contributed by atoms with Crippen LogP contribution in [0.15, 0.2) is 110 Å². The maximum Gasteiger partial charge on any atom is 0.305 e. The fourth-order valence-corrected chi connectivity index (χ4v) is 18.1. The van der Waals surface area contributed by atoms with Gasteiger partial charge in [-0.3, -0.25) is 19.2 Å². The maximum absolute atomic E-state index is 13.3. The van der Waals surface area contributed by atoms with E-state index in [1.54, 1.807) is 12.4 Å². The number of hydrogen-bond acceptors (Lipinski definition) is 14. The lowest BCUT2D eigenvalue weighted by Gasteiger charge is -2.36. The van der Waals surface area contributed by atoms with E-state index in [-0.39, 0.29) is 60.4 Å². The molecule has 20 heteroatoms. The van der Waals surface area contributed by atoms with E-state index < -0.39 is 5.41 Å². The first-order valence-corrected chi connectivity index (χ1v) is 40.1. The van der Waals surface area contributed by atoms with Crippen LogP contribution in [0.5, 0.6) is 0 Å². The molecular weight excluding hydrogens is 1440 g/mol. The van der Waals surface area contributed by atoms with Crippen LogP contribution in [0.4, 0.5) is 0 Å². The summed E-state index contributed by atoms with van der Waals surface area (Å²) in [5.41, 5.74) is 24.9. The number of methoxy groups -OCH3 is 4. The largest absolute Gasteiger partial charge is 0.469 e. The Kier molecular flexibility index (Phi) is 21.8. The number of carbonyl (C=O) groups excluding carboxylic acids is 4. The molecule has 115 heavy (non-hydrogen) atoms. The molecule has 4 aliphatic heterocycles. The fraction of sp³-hybridized carbons (Fsp3) is 0.347. The van der Waals surface area contributed by atoms with E-state index in [9.17, 15) is 19.2 Å². The lowest BCUT2D eigenvalue weighted by Crippen LogP contribution is -2.28. The second-order valence-electron chi connectivity index (χ2n) is 33.9. The summed E-state index contributed by atoms with van der Waals surface area (Å²) in [4.78, 5) is 100. The Morgan fingerprint density at radius 1 is 0.391 bits per heavy atom. The van der Waals surface area contributed by atoms with Crippen LogP contribution in [-0.2, 0) is 83.3 Å². The number of fused-ring (bicyclic) bond motifs is 19. The van der Waals surface area contributed by atoms with Gasteiger partial charge in [0.1, 0.15) is 11.6 Å². The summed E-state index contributed by atoms with van der Waals surface area (Å²) >= 11 is 0. The van der Waals surface area contributed by atoms with Crippen molar-refractivity contribution in [2.45, 2.75) is 151 Å². The smallest absolute Gasteiger partial charge is 0.305 e. The van der Waals surface area contributed by atoms with Crippen LogP contribution in [0.3, 0.4) is 0 Å². The minimum atomic E-state index is -0.550. The van der Waals surface area contributed by atoms with Crippen LogP contribution < -0.4 is 0 Å². The van der Waals surface area contributed by atoms with Gasteiger partial charge in [-0.25, -0.2) is 29.9 Å². The molecule has 12 heterocycles. The zero-order chi connectivity index (χ0) is 80.8. The third-order valence-electron chi connectivity index (χ3n) is 23.2. The molecule has 0 fully saturated rings. The highest BCUT2D eigenvalue weighted by atomic mass is 16.5. The Morgan fingerprint density at radius 2 is 0.670 bits per heavy atom. The molecule has 5 aliphatic rings. The number of nitrogens with one attached hydrogen (secondary N) is 4. The lowest BCUT2D eigenvalue weighted by molar-refractivity contribution is -0.141. The van der Waals surface area contributed by atoms with Gasteiger partial charge in [0.15, 0.2) is 0 Å². The minimum Gasteiger partial charge on any atom is -0.469 e. The van der Waals surface area contributed by atoms with Crippen molar-refractivity contribution < 1.29 is 38.1 Å². The predicted octanol–water partition coefficient (Wildman–Crippen LogP) is 20.2. The van der Waals surface area contributed by atoms with Gasteiger partial charge in [-0.05, 0) is 230 Å². The van der Waals surface area contributed by atoms with E-state index in [2.05, 4.69) is 160 Å². The molecule has 2 atom stereocenters. The van der Waals surface area contributed by atoms with Crippen LogP contribution in [-0.4, -0.2) is 111 Å². The van der Waals surface area contributed by atoms with E-state index in [1.807, 2.05) is 84.2 Å². The zero-order valence-electron chi connectivity index (χ0n) is 68.4. The number of aromatic amines is 4. The van der Waals surface area contributed by atoms with Crippen molar-refractivity contribution in [3.05, 3.63) is 189 Å². The highest BCUT2D eigenvalue weighted by Gasteiger charge is 2.44. The molecule has 0 spiro atoms. The highest BCUT2D eigenvalue weighted by Crippen LogP contribution is 2.57. The van der Waals surface area contributed by atoms with Crippen LogP contribution >= 0.6 is 0 Å². The first-order valence-electron chi connectivity index (χ1n) is 40.1. The molecule has 2 unspecified atom stereocenters. The molecule has 1 aliphatic carbocycles. The summed E-state index contributed by atoms with van der Waals surface area (Å²) < 4.78 is 25.1. The number of ether oxygens (including phenoxy) is 4. The van der Waals surface area contributed by atoms with Gasteiger partial charge >= 0.3 is 23.9 Å². The van der Waals surface area contributed by atoms with E-state index in [0.717, 1.165) is 161 Å². The molecule has 16 bridgehead atoms. The van der Waals surface area contributed by atoms with Crippen molar-refractivity contribution in [2.75, 3.05) is 28.4 Å². The molecule has 8 aromatic heterocycles. The number of esters is 4. The van der Waals surface area contributed by atoms with Gasteiger partial charge in [-0.2, -0.15) is 0 Å². The Bertz CT molecular complexity index is 5630. The van der Waals surface area contributed by atoms with Crippen molar-refractivity contribution in [3.63, 3.8) is 0 Å². The predicted molar refractivity (Wildman–Crippen MR) is 459 cm³/mol. The van der Waals surface area contributed by atoms with Gasteiger partial charge in [0.05, 0.1) is 96.2 Å². The SMILES string of the molecule is COC(=O)CCc1c2nc(c(-c3nccn3C)c3ccc([nH]3)c(CCC(=O)OC)c3nc(c(-c4ccc5c(c4)C(CCC(C)CC(C)(C)C)(CCC(C)CC(C)(C)C)c4cc(-c6c7nc(c(CCC(=O)OC)c8ccc([nH]8)c(-c8nccn8C)c8nc(c(CCC(=O)OC)c9ccc6[nH]9)C=C8)C=C7)ccc4-5)c4ccc1[nH]4)C=C3)C=C2. The molecule has 0 saturated carbocycles. The molecule has 4 N–H and O–H groups in total. The highest BCUT2D eigenvalue weighted by molar-refractivity contribution is 5.99. The molecular formula is C95H102N12O8. The Hall–Kier alpha value is -12.1. The van der Waals surface area contributed by atoms with Crippen LogP contribution in [0, 0.1) is 22.7 Å². The standard InChI is InChI=1S/C95H102N12O8/c1-55(53-93(3,4)5)43-45-95(46-44-56(2)54-94(6,7)8)65-51-57(87-75-31-23-67(98-75)61(19-39-83(108)112-11)71-27-35-79(102-71)89(91-96-47-49-106(91)9)80-36-28-72(103-80)62(20-40-84(109)113-12)68-24-32-76(87)99-68)15-17-59(65)60-18-16-58(52-66(60)95)88-77-33-25-69(100-77)63(21-41-85(110)114-13)73-29-37-81(104-73)90(92-97-48-50-107(92)10)82-38-30-74(105-82)64(22-42-86(111)115-14)70-26-34-78(88)101-70/h15-18,23-38,47-52,55-56,98,100,103,105H,19-22,39-46,53-54H2,1-14H3. The first-order chi connectivity index (χ1) is 55.3. The monoisotopic (exact) mass is 1540 g/mol. The summed E-state index contributed by atoms with van der Waals surface area (Å²) in [6.45, 7) is 18.9. The van der Waals surface area contributed by atoms with Crippen molar-refractivity contribution in [2.24, 2.45) is 36.8 Å². The molecule has 0 saturated heterocycles. The average Bonchev–Trinajstić information content (AvgIpc) is 1.56. The lowest BCUT2D eigenvalue weighted by atomic mass is 9.67. The minimum absolute atomic E-state index is 0.0821. The number of H-pyrrole nitrogens is 4. The second-order valence-corrected chi connectivity index (χ2v) is 33.9. The van der Waals surface area contributed by atoms with E-state index in [1.165, 1.54) is 39.6 Å². The zero-order valence-corrected chi connectivity index (χ0v) is 68.4. The topological polar surface area (TPSA) is 256 Å². The van der Waals surface area contributed by atoms with Crippen LogP contribution in [0.25, 0.3) is 149 Å². The van der Waals surface area contributed by atoms with Crippen molar-refractivity contribution >= 4 is 117 Å². The maximum atomic E-state index is 13.3. The molecule has 590 valence electrons. The normalized spacial score (nSPS) is 13.8. The van der Waals surface area contributed by atoms with Gasteiger partial charge in [-0.15, -0.1) is 0 Å². The third-order valence-corrected chi connectivity index (χ3v) is 23.2. The van der Waals surface area contributed by atoms with Crippen LogP contribution in [0.1, 0.15) is 199 Å². The van der Waals surface area contributed by atoms with E-state index in [4.69, 9.17) is 48.9 Å². The third kappa shape index (κ3) is 16.0. The molecule has 20 nitrogen and oxygen atoms in total. The number of imidazole rings is 2. The van der Waals surface area contributed by atoms with Crippen molar-refractivity contribution in [3.8, 4) is 56.2 Å². The Labute approximate surface area is 670 Å². The number of aryl methyl sites for hydroxylation is 6. The summed E-state index contributed by atoms with van der Waals surface area (Å²) in [6.07, 6.45) is 31.2. The van der Waals surface area contributed by atoms with Gasteiger partial charge in [0.2, 0.25) is 0 Å².